The molecule has 0 spiro atoms. The van der Waals surface area contributed by atoms with Gasteiger partial charge < -0.3 is 15.5 Å². The van der Waals surface area contributed by atoms with Crippen LogP contribution in [0.2, 0.25) is 0 Å². The smallest absolute Gasteiger partial charge is 0.138 e. The molecule has 3 aliphatic rings. The highest BCUT2D eigenvalue weighted by molar-refractivity contribution is 6.07. The Kier molecular flexibility index (Phi) is 4.92. The van der Waals surface area contributed by atoms with Gasteiger partial charge >= 0.3 is 0 Å². The number of nitrogens with zero attached hydrogens (tertiary/aromatic N) is 3. The van der Waals surface area contributed by atoms with Gasteiger partial charge in [-0.25, -0.2) is 9.98 Å². The Morgan fingerprint density at radius 1 is 1.45 bits per heavy atom. The molecule has 2 N–H and O–H groups in total. The van der Waals surface area contributed by atoms with Gasteiger partial charge in [0, 0.05) is 62.2 Å². The van der Waals surface area contributed by atoms with Crippen molar-refractivity contribution in [3.05, 3.63) is 35.7 Å². The van der Waals surface area contributed by atoms with Crippen molar-refractivity contribution in [3.8, 4) is 0 Å². The number of allylic oxidation sites excluding steroid dienone is 2. The van der Waals surface area contributed by atoms with Gasteiger partial charge in [0.25, 0.3) is 0 Å². The van der Waals surface area contributed by atoms with Crippen molar-refractivity contribution in [2.45, 2.75) is 0 Å². The van der Waals surface area contributed by atoms with Gasteiger partial charge in [-0.15, -0.1) is 0 Å². The van der Waals surface area contributed by atoms with Crippen molar-refractivity contribution in [1.82, 2.24) is 10.2 Å². The number of amidine groups is 1. The molecule has 1 unspecified atom stereocenters. The summed E-state index contributed by atoms with van der Waals surface area (Å²) in [5, 5.41) is 10.9. The Balaban J connectivity index is 1.52. The van der Waals surface area contributed by atoms with E-state index in [1.165, 1.54) is 6.21 Å². The Morgan fingerprint density at radius 2 is 2.32 bits per heavy atom. The van der Waals surface area contributed by atoms with Gasteiger partial charge in [-0.3, -0.25) is 4.90 Å². The summed E-state index contributed by atoms with van der Waals surface area (Å²) in [5.74, 6) is 0.977. The average molecular weight is 299 g/mol. The monoisotopic (exact) mass is 299 g/mol. The van der Waals surface area contributed by atoms with Crippen LogP contribution in [0.4, 0.5) is 0 Å². The quantitative estimate of drug-likeness (QED) is 0.567. The van der Waals surface area contributed by atoms with Crippen LogP contribution < -0.4 is 5.32 Å². The zero-order valence-electron chi connectivity index (χ0n) is 12.5. The molecule has 0 aromatic heterocycles. The van der Waals surface area contributed by atoms with Crippen molar-refractivity contribution in [2.75, 3.05) is 39.4 Å². The fourth-order valence-corrected chi connectivity index (χ4v) is 2.61. The lowest BCUT2D eigenvalue weighted by atomic mass is 9.99. The molecule has 0 bridgehead atoms. The second kappa shape index (κ2) is 7.29. The first-order valence-corrected chi connectivity index (χ1v) is 7.61. The summed E-state index contributed by atoms with van der Waals surface area (Å²) in [6.07, 6.45) is 10.9. The molecule has 1 atom stereocenters. The summed E-state index contributed by atoms with van der Waals surface area (Å²) in [6, 6.07) is 0. The number of hydrogen-bond acceptors (Lipinski definition) is 6. The number of nitrogens with one attached hydrogen (secondary N) is 2. The van der Waals surface area contributed by atoms with Crippen LogP contribution in [-0.2, 0) is 4.74 Å². The molecule has 6 nitrogen and oxygen atoms in total. The standard InChI is InChI=1S/C16H21N5O/c17-10-15(11-18-3-4-21-5-7-22-8-6-21)14-9-13-1-2-19-16(13)20-12-14/h1-2,9-13,17-18H,3-8H2/b15-11+,17-10?. The molecule has 6 heteroatoms. The normalized spacial score (nSPS) is 24.7. The van der Waals surface area contributed by atoms with Gasteiger partial charge in [0.2, 0.25) is 0 Å². The van der Waals surface area contributed by atoms with Gasteiger partial charge in [-0.2, -0.15) is 0 Å². The summed E-state index contributed by atoms with van der Waals surface area (Å²) in [5.41, 5.74) is 1.80. The van der Waals surface area contributed by atoms with E-state index in [2.05, 4.69) is 26.3 Å². The number of morpholine rings is 1. The molecule has 1 fully saturated rings. The molecule has 0 saturated carbocycles. The molecule has 0 aliphatic carbocycles. The summed E-state index contributed by atoms with van der Waals surface area (Å²) in [4.78, 5) is 10.9. The maximum Gasteiger partial charge on any atom is 0.138 e. The topological polar surface area (TPSA) is 73.1 Å². The lowest BCUT2D eigenvalue weighted by Gasteiger charge is -2.26. The van der Waals surface area contributed by atoms with Gasteiger partial charge in [0.1, 0.15) is 5.84 Å². The third-order valence-electron chi connectivity index (χ3n) is 3.92. The first-order valence-electron chi connectivity index (χ1n) is 7.61. The van der Waals surface area contributed by atoms with Crippen molar-refractivity contribution < 1.29 is 4.74 Å². The molecule has 116 valence electrons. The Bertz CT molecular complexity index is 567. The molecule has 0 aromatic carbocycles. The van der Waals surface area contributed by atoms with Gasteiger partial charge in [-0.1, -0.05) is 12.2 Å². The molecule has 22 heavy (non-hydrogen) atoms. The zero-order valence-corrected chi connectivity index (χ0v) is 12.5. The minimum Gasteiger partial charge on any atom is -0.389 e. The molecule has 1 saturated heterocycles. The lowest BCUT2D eigenvalue weighted by Crippen LogP contribution is -2.39. The Morgan fingerprint density at radius 3 is 3.14 bits per heavy atom. The van der Waals surface area contributed by atoms with Crippen molar-refractivity contribution in [2.24, 2.45) is 15.9 Å². The summed E-state index contributed by atoms with van der Waals surface area (Å²) in [6.45, 7) is 5.49. The van der Waals surface area contributed by atoms with Crippen LogP contribution in [0, 0.1) is 11.3 Å². The third kappa shape index (κ3) is 3.58. The molecule has 3 heterocycles. The van der Waals surface area contributed by atoms with Crippen LogP contribution in [0.5, 0.6) is 0 Å². The van der Waals surface area contributed by atoms with Crippen LogP contribution >= 0.6 is 0 Å². The number of aliphatic imine (C=N–C) groups is 2. The second-order valence-corrected chi connectivity index (χ2v) is 5.39. The summed E-state index contributed by atoms with van der Waals surface area (Å²) < 4.78 is 5.33. The number of fused-ring (bicyclic) bond motifs is 1. The molecule has 3 aliphatic heterocycles. The van der Waals surface area contributed by atoms with E-state index in [1.54, 1.807) is 12.4 Å². The predicted octanol–water partition coefficient (Wildman–Crippen LogP) is 0.994. The minimum absolute atomic E-state index is 0.150. The van der Waals surface area contributed by atoms with E-state index in [9.17, 15) is 0 Å². The number of rotatable bonds is 6. The van der Waals surface area contributed by atoms with E-state index in [1.807, 2.05) is 12.3 Å². The fourth-order valence-electron chi connectivity index (χ4n) is 2.61. The van der Waals surface area contributed by atoms with Crippen molar-refractivity contribution in [1.29, 1.82) is 5.41 Å². The van der Waals surface area contributed by atoms with E-state index < -0.39 is 0 Å². The van der Waals surface area contributed by atoms with E-state index in [0.29, 0.717) is 0 Å². The van der Waals surface area contributed by atoms with Crippen molar-refractivity contribution in [3.63, 3.8) is 0 Å². The molecule has 0 amide bonds. The van der Waals surface area contributed by atoms with E-state index in [-0.39, 0.29) is 5.92 Å². The highest BCUT2D eigenvalue weighted by Gasteiger charge is 2.18. The highest BCUT2D eigenvalue weighted by atomic mass is 16.5. The molecule has 0 radical (unpaired) electrons. The average Bonchev–Trinajstić information content (AvgIpc) is 3.03. The van der Waals surface area contributed by atoms with Crippen LogP contribution in [0.25, 0.3) is 0 Å². The first kappa shape index (κ1) is 14.9. The minimum atomic E-state index is 0.150. The maximum absolute atomic E-state index is 7.61. The largest absolute Gasteiger partial charge is 0.389 e. The first-order chi connectivity index (χ1) is 10.9. The number of dihydropyridines is 1. The predicted molar refractivity (Wildman–Crippen MR) is 88.8 cm³/mol. The highest BCUT2D eigenvalue weighted by Crippen LogP contribution is 2.21. The Labute approximate surface area is 130 Å². The zero-order chi connectivity index (χ0) is 15.2. The Hall–Kier alpha value is -2.05. The van der Waals surface area contributed by atoms with Crippen LogP contribution in [0.1, 0.15) is 0 Å². The molecule has 3 rings (SSSR count). The van der Waals surface area contributed by atoms with Gasteiger partial charge in [0.15, 0.2) is 0 Å². The summed E-state index contributed by atoms with van der Waals surface area (Å²) >= 11 is 0. The molecule has 0 aromatic rings. The fraction of sp³-hybridized carbons (Fsp3) is 0.438. The van der Waals surface area contributed by atoms with E-state index >= 15 is 0 Å². The van der Waals surface area contributed by atoms with Gasteiger partial charge in [0.05, 0.1) is 19.1 Å². The van der Waals surface area contributed by atoms with Crippen LogP contribution in [0.3, 0.4) is 0 Å². The number of ether oxygens (including phenoxy) is 1. The SMILES string of the molecule is N=C/C(=C\NCCN1CCOCC1)C1=CC2C=CN=C2N=C1. The lowest BCUT2D eigenvalue weighted by molar-refractivity contribution is 0.0388. The number of hydrogen-bond donors (Lipinski definition) is 2. The van der Waals surface area contributed by atoms with E-state index in [0.717, 1.165) is 56.4 Å². The summed E-state index contributed by atoms with van der Waals surface area (Å²) in [7, 11) is 0. The van der Waals surface area contributed by atoms with Crippen LogP contribution in [0.15, 0.2) is 45.7 Å². The van der Waals surface area contributed by atoms with Crippen molar-refractivity contribution >= 4 is 18.3 Å². The maximum atomic E-state index is 7.61. The third-order valence-corrected chi connectivity index (χ3v) is 3.92. The molecular formula is C16H21N5O. The van der Waals surface area contributed by atoms with Gasteiger partial charge in [-0.05, 0) is 0 Å². The van der Waals surface area contributed by atoms with Crippen LogP contribution in [-0.4, -0.2) is 62.6 Å². The second-order valence-electron chi connectivity index (χ2n) is 5.39. The van der Waals surface area contributed by atoms with E-state index in [4.69, 9.17) is 10.1 Å². The molecular weight excluding hydrogens is 278 g/mol.